The van der Waals surface area contributed by atoms with Crippen molar-refractivity contribution in [3.63, 3.8) is 0 Å². The Morgan fingerprint density at radius 2 is 2.00 bits per heavy atom. The summed E-state index contributed by atoms with van der Waals surface area (Å²) in [6.07, 6.45) is 1.97. The van der Waals surface area contributed by atoms with E-state index in [2.05, 4.69) is 4.98 Å². The molecule has 140 valence electrons. The van der Waals surface area contributed by atoms with E-state index in [9.17, 15) is 4.79 Å². The number of aromatic nitrogens is 1. The Morgan fingerprint density at radius 3 is 2.74 bits per heavy atom. The number of carbonyl (C=O) groups is 1. The van der Waals surface area contributed by atoms with Gasteiger partial charge in [0.15, 0.2) is 0 Å². The number of carbonyl (C=O) groups excluding carboxylic acids is 1. The maximum atomic E-state index is 12.4. The van der Waals surface area contributed by atoms with Crippen LogP contribution >= 0.6 is 23.1 Å². The van der Waals surface area contributed by atoms with Crippen molar-refractivity contribution >= 4 is 29.1 Å². The molecule has 0 N–H and O–H groups in total. The Bertz CT molecular complexity index is 939. The van der Waals surface area contributed by atoms with Crippen molar-refractivity contribution < 1.29 is 19.0 Å². The van der Waals surface area contributed by atoms with Crippen LogP contribution in [0.2, 0.25) is 0 Å². The molecule has 1 aromatic heterocycles. The van der Waals surface area contributed by atoms with E-state index < -0.39 is 5.97 Å². The zero-order valence-electron chi connectivity index (χ0n) is 15.2. The second-order valence-electron chi connectivity index (χ2n) is 5.52. The number of esters is 1. The van der Waals surface area contributed by atoms with Gasteiger partial charge in [-0.05, 0) is 36.6 Å². The highest BCUT2D eigenvalue weighted by Crippen LogP contribution is 2.28. The van der Waals surface area contributed by atoms with E-state index in [0.717, 1.165) is 21.2 Å². The normalized spacial score (nSPS) is 10.5. The number of nitrogens with zero attached hydrogens (tertiary/aromatic N) is 1. The molecule has 3 aromatic rings. The Hall–Kier alpha value is -2.51. The lowest BCUT2D eigenvalue weighted by atomic mass is 10.2. The zero-order chi connectivity index (χ0) is 19.2. The molecule has 0 fully saturated rings. The van der Waals surface area contributed by atoms with Crippen LogP contribution in [-0.2, 0) is 11.3 Å². The first-order valence-electron chi connectivity index (χ1n) is 8.12. The number of methoxy groups -OCH3 is 2. The third kappa shape index (κ3) is 4.61. The minimum Gasteiger partial charge on any atom is -0.497 e. The first-order chi connectivity index (χ1) is 13.1. The molecule has 0 radical (unpaired) electrons. The van der Waals surface area contributed by atoms with Crippen molar-refractivity contribution in [2.24, 2.45) is 0 Å². The molecule has 5 nitrogen and oxygen atoms in total. The Labute approximate surface area is 166 Å². The van der Waals surface area contributed by atoms with Crippen LogP contribution in [0, 0.1) is 0 Å². The van der Waals surface area contributed by atoms with Crippen LogP contribution in [0.25, 0.3) is 10.6 Å². The van der Waals surface area contributed by atoms with E-state index in [4.69, 9.17) is 14.2 Å². The minimum absolute atomic E-state index is 0.104. The molecule has 0 unspecified atom stereocenters. The van der Waals surface area contributed by atoms with Crippen molar-refractivity contribution in [2.45, 2.75) is 11.5 Å². The van der Waals surface area contributed by atoms with Crippen molar-refractivity contribution in [1.82, 2.24) is 4.98 Å². The summed E-state index contributed by atoms with van der Waals surface area (Å²) in [4.78, 5) is 18.0. The van der Waals surface area contributed by atoms with Gasteiger partial charge in [-0.1, -0.05) is 12.1 Å². The standard InChI is InChI=1S/C20H19NO4S2/c1-23-15-6-4-5-13(9-15)19-21-14(12-27-19)11-25-20(22)17-8-7-16(26-3)10-18(17)24-2/h4-10,12H,11H2,1-3H3. The van der Waals surface area contributed by atoms with E-state index in [1.807, 2.05) is 48.0 Å². The fraction of sp³-hybridized carbons (Fsp3) is 0.200. The van der Waals surface area contributed by atoms with E-state index in [1.54, 1.807) is 24.9 Å². The van der Waals surface area contributed by atoms with Crippen molar-refractivity contribution in [2.75, 3.05) is 20.5 Å². The Morgan fingerprint density at radius 1 is 1.15 bits per heavy atom. The molecule has 1 heterocycles. The lowest BCUT2D eigenvalue weighted by Gasteiger charge is -2.09. The van der Waals surface area contributed by atoms with Crippen LogP contribution in [0.3, 0.4) is 0 Å². The highest BCUT2D eigenvalue weighted by molar-refractivity contribution is 7.98. The van der Waals surface area contributed by atoms with E-state index >= 15 is 0 Å². The van der Waals surface area contributed by atoms with E-state index in [-0.39, 0.29) is 6.61 Å². The molecule has 27 heavy (non-hydrogen) atoms. The van der Waals surface area contributed by atoms with Gasteiger partial charge >= 0.3 is 5.97 Å². The fourth-order valence-corrected chi connectivity index (χ4v) is 3.68. The van der Waals surface area contributed by atoms with Gasteiger partial charge < -0.3 is 14.2 Å². The Kier molecular flexibility index (Phi) is 6.36. The third-order valence-corrected chi connectivity index (χ3v) is 5.51. The SMILES string of the molecule is COc1cccc(-c2nc(COC(=O)c3ccc(SC)cc3OC)cs2)c1. The van der Waals surface area contributed by atoms with Crippen LogP contribution in [0.5, 0.6) is 11.5 Å². The van der Waals surface area contributed by atoms with Gasteiger partial charge in [-0.25, -0.2) is 9.78 Å². The molecule has 7 heteroatoms. The molecule has 2 aromatic carbocycles. The van der Waals surface area contributed by atoms with Gasteiger partial charge in [-0.15, -0.1) is 23.1 Å². The molecular formula is C20H19NO4S2. The fourth-order valence-electron chi connectivity index (χ4n) is 2.45. The summed E-state index contributed by atoms with van der Waals surface area (Å²) < 4.78 is 16.0. The van der Waals surface area contributed by atoms with Gasteiger partial charge in [-0.3, -0.25) is 0 Å². The van der Waals surface area contributed by atoms with Gasteiger partial charge in [0.25, 0.3) is 0 Å². The number of hydrogen-bond acceptors (Lipinski definition) is 7. The third-order valence-electron chi connectivity index (χ3n) is 3.85. The van der Waals surface area contributed by atoms with Crippen molar-refractivity contribution in [3.05, 3.63) is 59.1 Å². The van der Waals surface area contributed by atoms with Gasteiger partial charge in [0.2, 0.25) is 0 Å². The molecule has 0 aliphatic rings. The molecule has 0 spiro atoms. The lowest BCUT2D eigenvalue weighted by Crippen LogP contribution is -2.07. The largest absolute Gasteiger partial charge is 0.497 e. The van der Waals surface area contributed by atoms with Crippen molar-refractivity contribution in [1.29, 1.82) is 0 Å². The summed E-state index contributed by atoms with van der Waals surface area (Å²) >= 11 is 3.08. The summed E-state index contributed by atoms with van der Waals surface area (Å²) in [5.41, 5.74) is 2.07. The maximum absolute atomic E-state index is 12.4. The van der Waals surface area contributed by atoms with Gasteiger partial charge in [-0.2, -0.15) is 0 Å². The molecule has 3 rings (SSSR count). The highest BCUT2D eigenvalue weighted by atomic mass is 32.2. The molecular weight excluding hydrogens is 382 g/mol. The van der Waals surface area contributed by atoms with E-state index in [0.29, 0.717) is 17.0 Å². The van der Waals surface area contributed by atoms with Crippen LogP contribution in [0.4, 0.5) is 0 Å². The summed E-state index contributed by atoms with van der Waals surface area (Å²) in [5, 5.41) is 2.73. The van der Waals surface area contributed by atoms with Gasteiger partial charge in [0, 0.05) is 15.8 Å². The topological polar surface area (TPSA) is 57.7 Å². The lowest BCUT2D eigenvalue weighted by molar-refractivity contribution is 0.0464. The van der Waals surface area contributed by atoms with Gasteiger partial charge in [0.1, 0.15) is 28.7 Å². The molecule has 0 atom stereocenters. The number of thioether (sulfide) groups is 1. The Balaban J connectivity index is 1.69. The smallest absolute Gasteiger partial charge is 0.342 e. The number of benzene rings is 2. The summed E-state index contributed by atoms with van der Waals surface area (Å²) in [5.74, 6) is 0.842. The van der Waals surface area contributed by atoms with Gasteiger partial charge in [0.05, 0.1) is 19.9 Å². The van der Waals surface area contributed by atoms with Crippen LogP contribution in [-0.4, -0.2) is 31.4 Å². The maximum Gasteiger partial charge on any atom is 0.342 e. The van der Waals surface area contributed by atoms with Crippen LogP contribution in [0.15, 0.2) is 52.7 Å². The quantitative estimate of drug-likeness (QED) is 0.414. The van der Waals surface area contributed by atoms with Crippen LogP contribution in [0.1, 0.15) is 16.1 Å². The number of hydrogen-bond donors (Lipinski definition) is 0. The first kappa shape index (κ1) is 19.3. The molecule has 0 aliphatic carbocycles. The molecule has 0 saturated carbocycles. The molecule has 0 bridgehead atoms. The predicted molar refractivity (Wildman–Crippen MR) is 108 cm³/mol. The molecule has 0 aliphatic heterocycles. The monoisotopic (exact) mass is 401 g/mol. The number of thiazole rings is 1. The average molecular weight is 402 g/mol. The summed E-state index contributed by atoms with van der Waals surface area (Å²) in [7, 11) is 3.17. The van der Waals surface area contributed by atoms with Crippen LogP contribution < -0.4 is 9.47 Å². The predicted octanol–water partition coefficient (Wildman–Crippen LogP) is 4.91. The van der Waals surface area contributed by atoms with E-state index in [1.165, 1.54) is 18.4 Å². The first-order valence-corrected chi connectivity index (χ1v) is 10.2. The second kappa shape index (κ2) is 8.92. The average Bonchev–Trinajstić information content (AvgIpc) is 3.20. The second-order valence-corrected chi connectivity index (χ2v) is 7.26. The van der Waals surface area contributed by atoms with Crippen molar-refractivity contribution in [3.8, 4) is 22.1 Å². The minimum atomic E-state index is -0.435. The zero-order valence-corrected chi connectivity index (χ0v) is 16.9. The summed E-state index contributed by atoms with van der Waals surface area (Å²) in [6, 6.07) is 13.1. The molecule has 0 saturated heterocycles. The summed E-state index contributed by atoms with van der Waals surface area (Å²) in [6.45, 7) is 0.104. The highest BCUT2D eigenvalue weighted by Gasteiger charge is 2.15. The molecule has 0 amide bonds. The number of rotatable bonds is 7. The number of ether oxygens (including phenoxy) is 3.